The molecule has 0 spiro atoms. The molecule has 198 valence electrons. The maximum atomic E-state index is 12.5. The van der Waals surface area contributed by atoms with E-state index in [4.69, 9.17) is 9.16 Å². The first-order valence-corrected chi connectivity index (χ1v) is 21.0. The Labute approximate surface area is 221 Å². The van der Waals surface area contributed by atoms with E-state index in [0.29, 0.717) is 11.3 Å². The molecule has 0 N–H and O–H groups in total. The normalized spacial score (nSPS) is 20.7. The van der Waals surface area contributed by atoms with Gasteiger partial charge in [0.1, 0.15) is 5.75 Å². The number of rotatable bonds is 12. The topological polar surface area (TPSA) is 35.5 Å². The van der Waals surface area contributed by atoms with E-state index in [2.05, 4.69) is 64.7 Å². The van der Waals surface area contributed by atoms with Gasteiger partial charge in [0.2, 0.25) is 0 Å². The van der Waals surface area contributed by atoms with E-state index >= 15 is 0 Å². The van der Waals surface area contributed by atoms with Crippen LogP contribution in [0.2, 0.25) is 31.7 Å². The van der Waals surface area contributed by atoms with Gasteiger partial charge in [0.15, 0.2) is 7.83 Å². The molecular formula is C31H48O3Si2. The van der Waals surface area contributed by atoms with Crippen LogP contribution in [0.15, 0.2) is 48.5 Å². The van der Waals surface area contributed by atoms with Crippen molar-refractivity contribution in [3.8, 4) is 5.75 Å². The van der Waals surface area contributed by atoms with Crippen LogP contribution in [-0.2, 0) is 17.3 Å². The second kappa shape index (κ2) is 12.7. The zero-order valence-corrected chi connectivity index (χ0v) is 25.6. The Hall–Kier alpha value is -1.70. The van der Waals surface area contributed by atoms with Crippen LogP contribution in [0.4, 0.5) is 0 Å². The monoisotopic (exact) mass is 524 g/mol. The maximum absolute atomic E-state index is 12.5. The number of hydrogen-bond donors (Lipinski definition) is 0. The van der Waals surface area contributed by atoms with E-state index in [1.807, 2.05) is 24.3 Å². The third-order valence-corrected chi connectivity index (χ3v) is 25.7. The molecule has 5 heteroatoms. The molecule has 3 nitrogen and oxygen atoms in total. The first-order chi connectivity index (χ1) is 17.0. The van der Waals surface area contributed by atoms with E-state index < -0.39 is 15.4 Å². The molecule has 3 rings (SSSR count). The summed E-state index contributed by atoms with van der Waals surface area (Å²) in [5.41, 5.74) is 3.28. The van der Waals surface area contributed by atoms with E-state index in [0.717, 1.165) is 12.8 Å². The average Bonchev–Trinajstić information content (AvgIpc) is 2.83. The maximum Gasteiger partial charge on any atom is 0.343 e. The molecule has 0 saturated carbocycles. The smallest absolute Gasteiger partial charge is 0.343 e. The fourth-order valence-corrected chi connectivity index (χ4v) is 16.9. The molecule has 1 heterocycles. The molecule has 1 aliphatic rings. The number of aryl methyl sites for hydroxylation is 2. The molecule has 1 atom stereocenters. The predicted octanol–water partition coefficient (Wildman–Crippen LogP) is 8.91. The van der Waals surface area contributed by atoms with Crippen molar-refractivity contribution in [3.05, 3.63) is 65.2 Å². The van der Waals surface area contributed by atoms with Gasteiger partial charge in [-0.25, -0.2) is 4.79 Å². The summed E-state index contributed by atoms with van der Waals surface area (Å²) < 4.78 is 12.2. The fourth-order valence-electron chi connectivity index (χ4n) is 5.45. The van der Waals surface area contributed by atoms with Gasteiger partial charge in [0.05, 0.1) is 18.8 Å². The average molecular weight is 525 g/mol. The third-order valence-electron chi connectivity index (χ3n) is 8.35. The van der Waals surface area contributed by atoms with Gasteiger partial charge in [0, 0.05) is 0 Å². The van der Waals surface area contributed by atoms with Gasteiger partial charge in [-0.15, -0.1) is 0 Å². The number of carbonyl (C=O) groups excluding carboxylic acids is 1. The number of benzene rings is 2. The lowest BCUT2D eigenvalue weighted by atomic mass is 10.0. The quantitative estimate of drug-likeness (QED) is 0.120. The minimum absolute atomic E-state index is 0.0913. The van der Waals surface area contributed by atoms with Gasteiger partial charge in [0.25, 0.3) is 0 Å². The molecule has 36 heavy (non-hydrogen) atoms. The number of carbonyl (C=O) groups is 1. The van der Waals surface area contributed by atoms with Crippen molar-refractivity contribution in [1.29, 1.82) is 0 Å². The summed E-state index contributed by atoms with van der Waals surface area (Å²) >= 11 is 0. The van der Waals surface area contributed by atoms with Crippen LogP contribution in [0, 0.1) is 0 Å². The van der Waals surface area contributed by atoms with Gasteiger partial charge < -0.3 is 9.16 Å². The lowest BCUT2D eigenvalue weighted by Crippen LogP contribution is -2.65. The van der Waals surface area contributed by atoms with Gasteiger partial charge in [-0.3, -0.25) is 0 Å². The highest BCUT2D eigenvalue weighted by atomic mass is 29.3. The van der Waals surface area contributed by atoms with Crippen molar-refractivity contribution in [1.82, 2.24) is 0 Å². The van der Waals surface area contributed by atoms with Crippen molar-refractivity contribution < 1.29 is 14.0 Å². The molecule has 1 fully saturated rings. The van der Waals surface area contributed by atoms with Crippen molar-refractivity contribution in [2.45, 2.75) is 116 Å². The molecule has 0 bridgehead atoms. The van der Waals surface area contributed by atoms with Crippen molar-refractivity contribution in [2.24, 2.45) is 0 Å². The van der Waals surface area contributed by atoms with Crippen LogP contribution in [0.3, 0.4) is 0 Å². The van der Waals surface area contributed by atoms with Crippen LogP contribution < -0.4 is 4.74 Å². The summed E-state index contributed by atoms with van der Waals surface area (Å²) in [6, 6.07) is 18.7. The molecule has 0 amide bonds. The van der Waals surface area contributed by atoms with Crippen LogP contribution in [0.5, 0.6) is 5.75 Å². The fraction of sp³-hybridized carbons (Fsp3) is 0.581. The molecule has 1 saturated heterocycles. The highest BCUT2D eigenvalue weighted by molar-refractivity contribution is 7.38. The van der Waals surface area contributed by atoms with Crippen molar-refractivity contribution in [3.63, 3.8) is 0 Å². The summed E-state index contributed by atoms with van der Waals surface area (Å²) in [6.45, 7) is 14.3. The SMILES string of the molecule is CCCCc1ccc(OC(=O)c2ccc(CCCCCC[Si]3(C)CCC(C)(C)O[Si]3(C)C)cc2)cc1. The van der Waals surface area contributed by atoms with Crippen LogP contribution in [0.25, 0.3) is 0 Å². The Balaban J connectivity index is 1.36. The number of ether oxygens (including phenoxy) is 1. The van der Waals surface area contributed by atoms with Crippen LogP contribution >= 0.6 is 0 Å². The Morgan fingerprint density at radius 2 is 1.44 bits per heavy atom. The molecule has 1 aliphatic heterocycles. The Morgan fingerprint density at radius 1 is 0.861 bits per heavy atom. The first-order valence-electron chi connectivity index (χ1n) is 14.1. The summed E-state index contributed by atoms with van der Waals surface area (Å²) in [5, 5.41) is 0. The van der Waals surface area contributed by atoms with E-state index in [1.54, 1.807) is 0 Å². The highest BCUT2D eigenvalue weighted by Crippen LogP contribution is 2.41. The zero-order valence-electron chi connectivity index (χ0n) is 23.6. The van der Waals surface area contributed by atoms with Crippen LogP contribution in [0.1, 0.15) is 87.2 Å². The summed E-state index contributed by atoms with van der Waals surface area (Å²) in [5.74, 6) is 0.317. The highest BCUT2D eigenvalue weighted by Gasteiger charge is 2.52. The standard InChI is InChI=1S/C31H48O3Si2/c1-7-8-13-26-17-21-29(22-18-26)33-30(32)28-19-15-27(16-20-28)14-11-9-10-12-24-36(6)25-23-31(2,3)34-35(36,4)5/h15-22H,7-14,23-25H2,1-6H3. The molecule has 2 aromatic rings. The predicted molar refractivity (Wildman–Crippen MR) is 157 cm³/mol. The lowest BCUT2D eigenvalue weighted by Gasteiger charge is -2.51. The van der Waals surface area contributed by atoms with Crippen LogP contribution in [-0.4, -0.2) is 27.0 Å². The van der Waals surface area contributed by atoms with E-state index in [1.165, 1.54) is 68.2 Å². The van der Waals surface area contributed by atoms with Gasteiger partial charge in [-0.05, 0) is 94.4 Å². The third kappa shape index (κ3) is 8.15. The number of unbranched alkanes of at least 4 members (excludes halogenated alkanes) is 4. The molecule has 0 aromatic heterocycles. The first kappa shape index (κ1) is 28.9. The second-order valence-electron chi connectivity index (χ2n) is 12.2. The summed E-state index contributed by atoms with van der Waals surface area (Å²) in [4.78, 5) is 12.5. The molecular weight excluding hydrogens is 477 g/mol. The largest absolute Gasteiger partial charge is 0.423 e. The minimum atomic E-state index is -1.55. The lowest BCUT2D eigenvalue weighted by molar-refractivity contribution is 0.0734. The molecule has 0 aliphatic carbocycles. The van der Waals surface area contributed by atoms with Gasteiger partial charge >= 0.3 is 5.97 Å². The summed E-state index contributed by atoms with van der Waals surface area (Å²) in [7, 11) is -2.81. The molecule has 1 unspecified atom stereocenters. The minimum Gasteiger partial charge on any atom is -0.423 e. The Kier molecular flexibility index (Phi) is 10.2. The Morgan fingerprint density at radius 3 is 2.06 bits per heavy atom. The summed E-state index contributed by atoms with van der Waals surface area (Å²) in [6.07, 6.45) is 10.9. The van der Waals surface area contributed by atoms with Gasteiger partial charge in [-0.2, -0.15) is 0 Å². The van der Waals surface area contributed by atoms with E-state index in [9.17, 15) is 4.79 Å². The van der Waals surface area contributed by atoms with Crippen molar-refractivity contribution in [2.75, 3.05) is 0 Å². The number of esters is 1. The zero-order chi connectivity index (χ0) is 26.2. The van der Waals surface area contributed by atoms with E-state index in [-0.39, 0.29) is 11.6 Å². The number of hydrogen-bond acceptors (Lipinski definition) is 3. The molecule has 0 radical (unpaired) electrons. The van der Waals surface area contributed by atoms with Crippen molar-refractivity contribution >= 4 is 21.4 Å². The Bertz CT molecular complexity index is 966. The molecule has 2 aromatic carbocycles. The second-order valence-corrected chi connectivity index (χ2v) is 26.8. The van der Waals surface area contributed by atoms with Gasteiger partial charge in [-0.1, -0.05) is 75.5 Å².